The lowest BCUT2D eigenvalue weighted by Crippen LogP contribution is -2.37. The summed E-state index contributed by atoms with van der Waals surface area (Å²) in [4.78, 5) is 2.49. The summed E-state index contributed by atoms with van der Waals surface area (Å²) in [5.74, 6) is 0.395. The largest absolute Gasteiger partial charge is 0.310 e. The predicted molar refractivity (Wildman–Crippen MR) is 82.7 cm³/mol. The third kappa shape index (κ3) is 4.18. The summed E-state index contributed by atoms with van der Waals surface area (Å²) >= 11 is 5.71. The molecule has 0 spiro atoms. The molecule has 1 aliphatic heterocycles. The maximum atomic E-state index is 13.5. The fraction of sp³-hybridized carbons (Fsp3) is 0.625. The monoisotopic (exact) mass is 298 g/mol. The van der Waals surface area contributed by atoms with Crippen LogP contribution in [0.2, 0.25) is 5.02 Å². The highest BCUT2D eigenvalue weighted by atomic mass is 35.5. The van der Waals surface area contributed by atoms with Crippen LogP contribution in [0.4, 0.5) is 4.39 Å². The SMILES string of the molecule is CCN1CCC(CNC(C)c2ccc(Cl)c(F)c2)CC1. The van der Waals surface area contributed by atoms with Gasteiger partial charge in [0.05, 0.1) is 5.02 Å². The molecular weight excluding hydrogens is 275 g/mol. The number of rotatable bonds is 5. The van der Waals surface area contributed by atoms with E-state index in [-0.39, 0.29) is 16.9 Å². The molecule has 0 amide bonds. The molecular formula is C16H24ClFN2. The van der Waals surface area contributed by atoms with E-state index in [2.05, 4.69) is 24.1 Å². The molecule has 1 aliphatic rings. The van der Waals surface area contributed by atoms with Crippen LogP contribution in [0.5, 0.6) is 0 Å². The quantitative estimate of drug-likeness (QED) is 0.888. The molecule has 4 heteroatoms. The van der Waals surface area contributed by atoms with Crippen molar-refractivity contribution in [1.29, 1.82) is 0 Å². The number of nitrogens with zero attached hydrogens (tertiary/aromatic N) is 1. The first-order valence-corrected chi connectivity index (χ1v) is 7.88. The number of hydrogen-bond donors (Lipinski definition) is 1. The van der Waals surface area contributed by atoms with Gasteiger partial charge in [-0.15, -0.1) is 0 Å². The Balaban J connectivity index is 1.80. The number of hydrogen-bond acceptors (Lipinski definition) is 2. The van der Waals surface area contributed by atoms with Crippen LogP contribution in [-0.4, -0.2) is 31.1 Å². The Kier molecular flexibility index (Phi) is 5.82. The van der Waals surface area contributed by atoms with Crippen molar-refractivity contribution in [2.75, 3.05) is 26.2 Å². The highest BCUT2D eigenvalue weighted by Crippen LogP contribution is 2.21. The van der Waals surface area contributed by atoms with E-state index in [0.29, 0.717) is 0 Å². The second-order valence-corrected chi connectivity index (χ2v) is 6.09. The Labute approximate surface area is 126 Å². The van der Waals surface area contributed by atoms with Crippen LogP contribution in [0.25, 0.3) is 0 Å². The zero-order valence-corrected chi connectivity index (χ0v) is 13.1. The van der Waals surface area contributed by atoms with Crippen molar-refractivity contribution in [2.24, 2.45) is 5.92 Å². The molecule has 2 nitrogen and oxygen atoms in total. The van der Waals surface area contributed by atoms with Gasteiger partial charge in [0.2, 0.25) is 0 Å². The van der Waals surface area contributed by atoms with Gasteiger partial charge in [-0.05, 0) is 69.6 Å². The Bertz CT molecular complexity index is 430. The third-order valence-corrected chi connectivity index (χ3v) is 4.62. The van der Waals surface area contributed by atoms with Gasteiger partial charge in [-0.25, -0.2) is 4.39 Å². The Morgan fingerprint density at radius 1 is 1.40 bits per heavy atom. The third-order valence-electron chi connectivity index (χ3n) is 4.31. The van der Waals surface area contributed by atoms with Gasteiger partial charge in [-0.2, -0.15) is 0 Å². The van der Waals surface area contributed by atoms with E-state index in [1.54, 1.807) is 6.07 Å². The topological polar surface area (TPSA) is 15.3 Å². The van der Waals surface area contributed by atoms with Crippen molar-refractivity contribution in [3.05, 3.63) is 34.6 Å². The number of likely N-dealkylation sites (tertiary alicyclic amines) is 1. The average molecular weight is 299 g/mol. The molecule has 1 N–H and O–H groups in total. The molecule has 0 radical (unpaired) electrons. The fourth-order valence-corrected chi connectivity index (χ4v) is 2.87. The minimum Gasteiger partial charge on any atom is -0.310 e. The first-order chi connectivity index (χ1) is 9.60. The molecule has 0 saturated carbocycles. The van der Waals surface area contributed by atoms with Gasteiger partial charge in [0.15, 0.2) is 0 Å². The number of piperidine rings is 1. The van der Waals surface area contributed by atoms with Gasteiger partial charge in [0, 0.05) is 6.04 Å². The van der Waals surface area contributed by atoms with E-state index in [1.165, 1.54) is 32.0 Å². The highest BCUT2D eigenvalue weighted by Gasteiger charge is 2.18. The molecule has 1 fully saturated rings. The highest BCUT2D eigenvalue weighted by molar-refractivity contribution is 6.30. The summed E-state index contributed by atoms with van der Waals surface area (Å²) in [5.41, 5.74) is 0.956. The van der Waals surface area contributed by atoms with Crippen molar-refractivity contribution >= 4 is 11.6 Å². The van der Waals surface area contributed by atoms with Gasteiger partial charge < -0.3 is 10.2 Å². The number of halogens is 2. The van der Waals surface area contributed by atoms with Crippen molar-refractivity contribution < 1.29 is 4.39 Å². The molecule has 0 aliphatic carbocycles. The van der Waals surface area contributed by atoms with Crippen LogP contribution >= 0.6 is 11.6 Å². The van der Waals surface area contributed by atoms with Crippen molar-refractivity contribution in [2.45, 2.75) is 32.7 Å². The van der Waals surface area contributed by atoms with Gasteiger partial charge in [0.25, 0.3) is 0 Å². The first-order valence-electron chi connectivity index (χ1n) is 7.50. The molecule has 1 saturated heterocycles. The van der Waals surface area contributed by atoms with Gasteiger partial charge in [-0.1, -0.05) is 24.6 Å². The van der Waals surface area contributed by atoms with Gasteiger partial charge in [-0.3, -0.25) is 0 Å². The summed E-state index contributed by atoms with van der Waals surface area (Å²) in [6, 6.07) is 5.21. The van der Waals surface area contributed by atoms with Crippen molar-refractivity contribution in [1.82, 2.24) is 10.2 Å². The molecule has 1 aromatic rings. The van der Waals surface area contributed by atoms with E-state index >= 15 is 0 Å². The van der Waals surface area contributed by atoms with Crippen LogP contribution in [0.3, 0.4) is 0 Å². The van der Waals surface area contributed by atoms with Crippen LogP contribution in [0, 0.1) is 11.7 Å². The maximum Gasteiger partial charge on any atom is 0.142 e. The Hall–Kier alpha value is -0.640. The molecule has 2 rings (SSSR count). The molecule has 1 atom stereocenters. The second-order valence-electron chi connectivity index (χ2n) is 5.68. The average Bonchev–Trinajstić information content (AvgIpc) is 2.48. The zero-order valence-electron chi connectivity index (χ0n) is 12.3. The van der Waals surface area contributed by atoms with Crippen LogP contribution in [0.15, 0.2) is 18.2 Å². The van der Waals surface area contributed by atoms with Gasteiger partial charge >= 0.3 is 0 Å². The van der Waals surface area contributed by atoms with Crippen LogP contribution in [0.1, 0.15) is 38.3 Å². The van der Waals surface area contributed by atoms with E-state index < -0.39 is 0 Å². The van der Waals surface area contributed by atoms with Crippen LogP contribution in [-0.2, 0) is 0 Å². The Morgan fingerprint density at radius 3 is 2.70 bits per heavy atom. The summed E-state index contributed by atoms with van der Waals surface area (Å²) in [5, 5.41) is 3.71. The van der Waals surface area contributed by atoms with E-state index in [9.17, 15) is 4.39 Å². The van der Waals surface area contributed by atoms with Crippen molar-refractivity contribution in [3.8, 4) is 0 Å². The standard InChI is InChI=1S/C16H24ClFN2/c1-3-20-8-6-13(7-9-20)11-19-12(2)14-4-5-15(17)16(18)10-14/h4-5,10,12-13,19H,3,6-9,11H2,1-2H3. The van der Waals surface area contributed by atoms with E-state index in [1.807, 2.05) is 6.07 Å². The van der Waals surface area contributed by atoms with Gasteiger partial charge in [0.1, 0.15) is 5.82 Å². The lowest BCUT2D eigenvalue weighted by molar-refractivity contribution is 0.188. The van der Waals surface area contributed by atoms with Crippen molar-refractivity contribution in [3.63, 3.8) is 0 Å². The number of benzene rings is 1. The lowest BCUT2D eigenvalue weighted by Gasteiger charge is -2.31. The maximum absolute atomic E-state index is 13.5. The minimum absolute atomic E-state index is 0.158. The molecule has 1 unspecified atom stereocenters. The van der Waals surface area contributed by atoms with E-state index in [4.69, 9.17) is 11.6 Å². The predicted octanol–water partition coefficient (Wildman–Crippen LogP) is 3.86. The summed E-state index contributed by atoms with van der Waals surface area (Å²) in [6.45, 7) is 8.85. The molecule has 0 bridgehead atoms. The smallest absolute Gasteiger partial charge is 0.142 e. The second kappa shape index (κ2) is 7.39. The lowest BCUT2D eigenvalue weighted by atomic mass is 9.96. The fourth-order valence-electron chi connectivity index (χ4n) is 2.75. The summed E-state index contributed by atoms with van der Waals surface area (Å²) < 4.78 is 13.5. The zero-order chi connectivity index (χ0) is 14.5. The molecule has 20 heavy (non-hydrogen) atoms. The molecule has 1 heterocycles. The van der Waals surface area contributed by atoms with E-state index in [0.717, 1.165) is 24.6 Å². The summed E-state index contributed by atoms with van der Waals surface area (Å²) in [7, 11) is 0. The number of nitrogens with one attached hydrogen (secondary N) is 1. The van der Waals surface area contributed by atoms with Crippen LogP contribution < -0.4 is 5.32 Å². The minimum atomic E-state index is -0.339. The normalized spacial score (nSPS) is 19.2. The first kappa shape index (κ1) is 15.7. The molecule has 112 valence electrons. The summed E-state index contributed by atoms with van der Waals surface area (Å²) in [6.07, 6.45) is 2.51. The molecule has 1 aromatic carbocycles. The Morgan fingerprint density at radius 2 is 2.10 bits per heavy atom. The molecule has 0 aromatic heterocycles.